The van der Waals surface area contributed by atoms with Crippen LogP contribution < -0.4 is 5.30 Å². The third-order valence-electron chi connectivity index (χ3n) is 1.67. The van der Waals surface area contributed by atoms with E-state index in [1.807, 2.05) is 18.2 Å². The Morgan fingerprint density at radius 2 is 1.83 bits per heavy atom. The standard InChI is InChI=1S/C9H13OP.B/c1-2-11(8-10)9-6-4-3-5-7-9;/h3-7,10H,2,8H2,1H3;. The van der Waals surface area contributed by atoms with Crippen molar-refractivity contribution in [3.05, 3.63) is 30.3 Å². The Hall–Kier alpha value is -0.325. The van der Waals surface area contributed by atoms with Crippen molar-refractivity contribution in [2.75, 3.05) is 12.5 Å². The summed E-state index contributed by atoms with van der Waals surface area (Å²) in [5, 5.41) is 10.3. The molecule has 0 aliphatic carbocycles. The van der Waals surface area contributed by atoms with Crippen LogP contribution in [-0.4, -0.2) is 26.0 Å². The molecule has 1 unspecified atom stereocenters. The molecule has 1 N–H and O–H groups in total. The molecule has 63 valence electrons. The van der Waals surface area contributed by atoms with Crippen molar-refractivity contribution in [3.63, 3.8) is 0 Å². The highest BCUT2D eigenvalue weighted by Gasteiger charge is 2.04. The molecule has 0 aromatic heterocycles. The number of aliphatic hydroxyl groups excluding tert-OH is 1. The molecule has 3 heteroatoms. The summed E-state index contributed by atoms with van der Waals surface area (Å²) in [6.45, 7) is 2.12. The summed E-state index contributed by atoms with van der Waals surface area (Å²) in [5.41, 5.74) is 0. The van der Waals surface area contributed by atoms with E-state index in [1.54, 1.807) is 0 Å². The highest BCUT2D eigenvalue weighted by molar-refractivity contribution is 7.65. The third-order valence-corrected chi connectivity index (χ3v) is 3.81. The van der Waals surface area contributed by atoms with E-state index in [0.717, 1.165) is 6.16 Å². The summed E-state index contributed by atoms with van der Waals surface area (Å²) in [5.74, 6) is 0. The minimum Gasteiger partial charge on any atom is -0.392 e. The molecular weight excluding hydrogens is 166 g/mol. The summed E-state index contributed by atoms with van der Waals surface area (Å²) in [6, 6.07) is 10.2. The first-order valence-electron chi connectivity index (χ1n) is 3.79. The second kappa shape index (κ2) is 6.22. The Morgan fingerprint density at radius 3 is 2.25 bits per heavy atom. The largest absolute Gasteiger partial charge is 0.392 e. The first kappa shape index (κ1) is 11.7. The maximum absolute atomic E-state index is 9.01. The van der Waals surface area contributed by atoms with Gasteiger partial charge in [0.05, 0.1) is 6.35 Å². The third kappa shape index (κ3) is 2.96. The molecule has 3 radical (unpaired) electrons. The molecule has 0 bridgehead atoms. The van der Waals surface area contributed by atoms with Gasteiger partial charge in [0.1, 0.15) is 0 Å². The van der Waals surface area contributed by atoms with Crippen molar-refractivity contribution in [1.82, 2.24) is 0 Å². The number of aliphatic hydroxyl groups is 1. The molecule has 0 amide bonds. The normalized spacial score (nSPS) is 11.8. The van der Waals surface area contributed by atoms with Gasteiger partial charge in [-0.2, -0.15) is 0 Å². The molecule has 0 saturated heterocycles. The van der Waals surface area contributed by atoms with Crippen LogP contribution in [0.1, 0.15) is 6.92 Å². The molecule has 1 rings (SSSR count). The Kier molecular flexibility index (Phi) is 6.05. The van der Waals surface area contributed by atoms with Gasteiger partial charge in [0, 0.05) is 8.41 Å². The number of hydrogen-bond donors (Lipinski definition) is 1. The van der Waals surface area contributed by atoms with Crippen molar-refractivity contribution in [2.45, 2.75) is 6.92 Å². The van der Waals surface area contributed by atoms with Gasteiger partial charge in [0.2, 0.25) is 0 Å². The highest BCUT2D eigenvalue weighted by Crippen LogP contribution is 2.31. The maximum Gasteiger partial charge on any atom is 0.0666 e. The van der Waals surface area contributed by atoms with Crippen LogP contribution in [0.4, 0.5) is 0 Å². The second-order valence-electron chi connectivity index (χ2n) is 2.33. The smallest absolute Gasteiger partial charge is 0.0666 e. The Morgan fingerprint density at radius 1 is 1.25 bits per heavy atom. The predicted octanol–water partition coefficient (Wildman–Crippen LogP) is 1.38. The van der Waals surface area contributed by atoms with Gasteiger partial charge in [-0.15, -0.1) is 0 Å². The molecule has 0 heterocycles. The van der Waals surface area contributed by atoms with Crippen molar-refractivity contribution < 1.29 is 5.11 Å². The van der Waals surface area contributed by atoms with Gasteiger partial charge in [0.15, 0.2) is 0 Å². The zero-order chi connectivity index (χ0) is 8.10. The van der Waals surface area contributed by atoms with Crippen molar-refractivity contribution in [3.8, 4) is 0 Å². The van der Waals surface area contributed by atoms with Gasteiger partial charge in [-0.25, -0.2) is 0 Å². The lowest BCUT2D eigenvalue weighted by Gasteiger charge is -2.11. The lowest BCUT2D eigenvalue weighted by atomic mass is 10.4. The van der Waals surface area contributed by atoms with Crippen molar-refractivity contribution in [2.24, 2.45) is 0 Å². The number of hydrogen-bond acceptors (Lipinski definition) is 1. The van der Waals surface area contributed by atoms with E-state index in [-0.39, 0.29) is 16.3 Å². The van der Waals surface area contributed by atoms with E-state index in [9.17, 15) is 0 Å². The topological polar surface area (TPSA) is 20.2 Å². The molecule has 1 nitrogen and oxygen atoms in total. The first-order valence-corrected chi connectivity index (χ1v) is 5.50. The van der Waals surface area contributed by atoms with Crippen molar-refractivity contribution >= 4 is 21.6 Å². The van der Waals surface area contributed by atoms with E-state index >= 15 is 0 Å². The van der Waals surface area contributed by atoms with E-state index in [4.69, 9.17) is 5.11 Å². The van der Waals surface area contributed by atoms with E-state index in [1.165, 1.54) is 5.30 Å². The zero-order valence-corrected chi connectivity index (χ0v) is 8.17. The van der Waals surface area contributed by atoms with Gasteiger partial charge < -0.3 is 5.11 Å². The maximum atomic E-state index is 9.01. The summed E-state index contributed by atoms with van der Waals surface area (Å²) in [6.07, 6.45) is 1.38. The second-order valence-corrected chi connectivity index (χ2v) is 4.84. The summed E-state index contributed by atoms with van der Waals surface area (Å²) in [4.78, 5) is 0. The van der Waals surface area contributed by atoms with Crippen LogP contribution in [0, 0.1) is 0 Å². The van der Waals surface area contributed by atoms with Gasteiger partial charge in [-0.05, 0) is 19.4 Å². The lowest BCUT2D eigenvalue weighted by Crippen LogP contribution is -2.03. The van der Waals surface area contributed by atoms with Crippen LogP contribution in [0.5, 0.6) is 0 Å². The van der Waals surface area contributed by atoms with Gasteiger partial charge in [-0.1, -0.05) is 37.3 Å². The van der Waals surface area contributed by atoms with Gasteiger partial charge in [0.25, 0.3) is 0 Å². The average molecular weight is 179 g/mol. The SMILES string of the molecule is CCP(CO)c1ccccc1.[B]. The molecule has 1 aromatic rings. The summed E-state index contributed by atoms with van der Waals surface area (Å²) in [7, 11) is -0.296. The van der Waals surface area contributed by atoms with Crippen LogP contribution in [0.15, 0.2) is 30.3 Å². The quantitative estimate of drug-likeness (QED) is 0.548. The monoisotopic (exact) mass is 179 g/mol. The predicted molar refractivity (Wildman–Crippen MR) is 56.4 cm³/mol. The average Bonchev–Trinajstić information content (AvgIpc) is 2.09. The minimum atomic E-state index is -0.296. The molecular formula is C9H13BOP. The highest BCUT2D eigenvalue weighted by atomic mass is 31.1. The molecule has 0 saturated carbocycles. The molecule has 12 heavy (non-hydrogen) atoms. The molecule has 0 spiro atoms. The van der Waals surface area contributed by atoms with Crippen LogP contribution >= 0.6 is 7.92 Å². The molecule has 0 fully saturated rings. The van der Waals surface area contributed by atoms with Gasteiger partial charge in [-0.3, -0.25) is 0 Å². The van der Waals surface area contributed by atoms with Crippen LogP contribution in [0.25, 0.3) is 0 Å². The van der Waals surface area contributed by atoms with Crippen LogP contribution in [0.3, 0.4) is 0 Å². The minimum absolute atomic E-state index is 0. The Bertz CT molecular complexity index is 199. The zero-order valence-electron chi connectivity index (χ0n) is 7.27. The van der Waals surface area contributed by atoms with Crippen molar-refractivity contribution in [1.29, 1.82) is 0 Å². The summed E-state index contributed by atoms with van der Waals surface area (Å²) < 4.78 is 0. The Labute approximate surface area is 77.1 Å². The van der Waals surface area contributed by atoms with E-state index < -0.39 is 0 Å². The fraction of sp³-hybridized carbons (Fsp3) is 0.333. The van der Waals surface area contributed by atoms with E-state index in [2.05, 4.69) is 19.1 Å². The first-order chi connectivity index (χ1) is 5.38. The fourth-order valence-corrected chi connectivity index (χ4v) is 2.33. The van der Waals surface area contributed by atoms with Gasteiger partial charge >= 0.3 is 0 Å². The van der Waals surface area contributed by atoms with E-state index in [0.29, 0.717) is 6.35 Å². The lowest BCUT2D eigenvalue weighted by molar-refractivity contribution is 0.371. The number of rotatable bonds is 3. The molecule has 0 aliphatic heterocycles. The Balaban J connectivity index is 0.00000121. The van der Waals surface area contributed by atoms with Crippen LogP contribution in [0.2, 0.25) is 0 Å². The number of benzene rings is 1. The molecule has 1 aromatic carbocycles. The van der Waals surface area contributed by atoms with Crippen LogP contribution in [-0.2, 0) is 0 Å². The molecule has 0 aliphatic rings. The molecule has 1 atom stereocenters. The fourth-order valence-electron chi connectivity index (χ4n) is 1.00. The summed E-state index contributed by atoms with van der Waals surface area (Å²) >= 11 is 0.